The van der Waals surface area contributed by atoms with Gasteiger partial charge in [0.2, 0.25) is 0 Å². The lowest BCUT2D eigenvalue weighted by molar-refractivity contribution is -0.120. The summed E-state index contributed by atoms with van der Waals surface area (Å²) in [5.41, 5.74) is 2.76. The Morgan fingerprint density at radius 2 is 1.93 bits per heavy atom. The second-order valence-corrected chi connectivity index (χ2v) is 5.23. The molecule has 0 heterocycles. The van der Waals surface area contributed by atoms with E-state index in [4.69, 9.17) is 0 Å². The number of aryl methyl sites for hydroxylation is 1. The zero-order chi connectivity index (χ0) is 10.8. The minimum atomic E-state index is 0.430. The molecule has 2 rings (SSSR count). The first-order valence-electron chi connectivity index (χ1n) is 5.44. The van der Waals surface area contributed by atoms with Gasteiger partial charge in [-0.2, -0.15) is 0 Å². The van der Waals surface area contributed by atoms with Crippen molar-refractivity contribution in [3.63, 3.8) is 0 Å². The van der Waals surface area contributed by atoms with E-state index in [-0.39, 0.29) is 0 Å². The van der Waals surface area contributed by atoms with Crippen molar-refractivity contribution in [2.75, 3.05) is 0 Å². The quantitative estimate of drug-likeness (QED) is 0.752. The van der Waals surface area contributed by atoms with Crippen molar-refractivity contribution in [3.8, 4) is 0 Å². The molecule has 0 saturated heterocycles. The Kier molecular flexibility index (Phi) is 3.25. The maximum absolute atomic E-state index is 11.2. The number of ketones is 1. The summed E-state index contributed by atoms with van der Waals surface area (Å²) in [6.45, 7) is 2.15. The predicted octanol–water partition coefficient (Wildman–Crippen LogP) is 3.98. The lowest BCUT2D eigenvalue weighted by atomic mass is 9.82. The Hall–Kier alpha value is -0.630. The number of carbonyl (C=O) groups excluding carboxylic acids is 1. The van der Waals surface area contributed by atoms with Gasteiger partial charge in [-0.05, 0) is 48.9 Å². The zero-order valence-electron chi connectivity index (χ0n) is 8.92. The third-order valence-corrected chi connectivity index (χ3v) is 3.72. The Labute approximate surface area is 99.0 Å². The first-order chi connectivity index (χ1) is 7.16. The van der Waals surface area contributed by atoms with Crippen LogP contribution in [0.5, 0.6) is 0 Å². The van der Waals surface area contributed by atoms with Gasteiger partial charge in [0.05, 0.1) is 0 Å². The smallest absolute Gasteiger partial charge is 0.132 e. The van der Waals surface area contributed by atoms with Gasteiger partial charge in [-0.15, -0.1) is 0 Å². The van der Waals surface area contributed by atoms with Crippen LogP contribution in [0.2, 0.25) is 0 Å². The first kappa shape index (κ1) is 10.9. The van der Waals surface area contributed by atoms with Crippen LogP contribution < -0.4 is 0 Å². The van der Waals surface area contributed by atoms with Crippen molar-refractivity contribution in [2.45, 2.75) is 38.5 Å². The molecule has 0 amide bonds. The lowest BCUT2D eigenvalue weighted by Gasteiger charge is -2.23. The molecule has 0 aliphatic heterocycles. The Morgan fingerprint density at radius 3 is 2.60 bits per heavy atom. The van der Waals surface area contributed by atoms with Crippen molar-refractivity contribution < 1.29 is 4.79 Å². The summed E-state index contributed by atoms with van der Waals surface area (Å²) in [7, 11) is 0. The van der Waals surface area contributed by atoms with Crippen LogP contribution in [0.15, 0.2) is 22.7 Å². The van der Waals surface area contributed by atoms with Crippen LogP contribution in [0, 0.1) is 6.92 Å². The summed E-state index contributed by atoms with van der Waals surface area (Å²) >= 11 is 3.51. The van der Waals surface area contributed by atoms with Gasteiger partial charge < -0.3 is 0 Å². The van der Waals surface area contributed by atoms with Crippen molar-refractivity contribution in [1.29, 1.82) is 0 Å². The Balaban J connectivity index is 2.21. The zero-order valence-corrected chi connectivity index (χ0v) is 10.5. The highest BCUT2D eigenvalue weighted by Gasteiger charge is 2.21. The molecule has 0 unspecified atom stereocenters. The van der Waals surface area contributed by atoms with Gasteiger partial charge in [-0.1, -0.05) is 22.0 Å². The summed E-state index contributed by atoms with van der Waals surface area (Å²) in [5.74, 6) is 1.01. The maximum Gasteiger partial charge on any atom is 0.132 e. The minimum Gasteiger partial charge on any atom is -0.300 e. The Morgan fingerprint density at radius 1 is 1.27 bits per heavy atom. The first-order valence-corrected chi connectivity index (χ1v) is 6.24. The summed E-state index contributed by atoms with van der Waals surface area (Å²) < 4.78 is 1.14. The fraction of sp³-hybridized carbons (Fsp3) is 0.462. The molecule has 1 aliphatic rings. The van der Waals surface area contributed by atoms with E-state index in [2.05, 4.69) is 41.1 Å². The van der Waals surface area contributed by atoms with E-state index >= 15 is 0 Å². The lowest BCUT2D eigenvalue weighted by Crippen LogP contribution is -2.13. The highest BCUT2D eigenvalue weighted by Crippen LogP contribution is 2.34. The summed E-state index contributed by atoms with van der Waals surface area (Å²) in [6, 6.07) is 6.43. The molecule has 0 bridgehead atoms. The molecule has 1 nitrogen and oxygen atoms in total. The third-order valence-electron chi connectivity index (χ3n) is 3.22. The summed E-state index contributed by atoms with van der Waals surface area (Å²) in [6.07, 6.45) is 3.57. The van der Waals surface area contributed by atoms with Gasteiger partial charge in [-0.25, -0.2) is 0 Å². The molecule has 0 radical (unpaired) electrons. The maximum atomic E-state index is 11.2. The third kappa shape index (κ3) is 2.49. The van der Waals surface area contributed by atoms with E-state index in [1.165, 1.54) is 11.1 Å². The van der Waals surface area contributed by atoms with E-state index < -0.39 is 0 Å². The van der Waals surface area contributed by atoms with E-state index in [1.54, 1.807) is 0 Å². The Bertz CT molecular complexity index is 374. The number of rotatable bonds is 1. The monoisotopic (exact) mass is 266 g/mol. The molecule has 15 heavy (non-hydrogen) atoms. The van der Waals surface area contributed by atoms with Crippen molar-refractivity contribution in [1.82, 2.24) is 0 Å². The fourth-order valence-electron chi connectivity index (χ4n) is 2.30. The molecular weight excluding hydrogens is 252 g/mol. The molecular formula is C13H15BrO. The van der Waals surface area contributed by atoms with Gasteiger partial charge in [0.15, 0.2) is 0 Å². The minimum absolute atomic E-state index is 0.430. The van der Waals surface area contributed by atoms with Crippen LogP contribution in [0.25, 0.3) is 0 Å². The van der Waals surface area contributed by atoms with Crippen molar-refractivity contribution in [3.05, 3.63) is 33.8 Å². The van der Waals surface area contributed by atoms with Crippen LogP contribution in [0.3, 0.4) is 0 Å². The largest absolute Gasteiger partial charge is 0.300 e. The van der Waals surface area contributed by atoms with Gasteiger partial charge in [0, 0.05) is 17.3 Å². The SMILES string of the molecule is Cc1ccc(Br)cc1C1CCC(=O)CC1. The van der Waals surface area contributed by atoms with Crippen LogP contribution in [0.4, 0.5) is 0 Å². The molecule has 1 aromatic carbocycles. The predicted molar refractivity (Wildman–Crippen MR) is 65.1 cm³/mol. The van der Waals surface area contributed by atoms with Crippen molar-refractivity contribution >= 4 is 21.7 Å². The molecule has 2 heteroatoms. The summed E-state index contributed by atoms with van der Waals surface area (Å²) in [5, 5.41) is 0. The highest BCUT2D eigenvalue weighted by molar-refractivity contribution is 9.10. The number of halogens is 1. The molecule has 1 saturated carbocycles. The number of benzene rings is 1. The molecule has 1 aromatic rings. The van der Waals surface area contributed by atoms with Gasteiger partial charge in [0.1, 0.15) is 5.78 Å². The van der Waals surface area contributed by atoms with Crippen LogP contribution >= 0.6 is 15.9 Å². The van der Waals surface area contributed by atoms with Gasteiger partial charge in [0.25, 0.3) is 0 Å². The van der Waals surface area contributed by atoms with E-state index in [0.29, 0.717) is 11.7 Å². The highest BCUT2D eigenvalue weighted by atomic mass is 79.9. The second-order valence-electron chi connectivity index (χ2n) is 4.31. The molecule has 80 valence electrons. The molecule has 0 spiro atoms. The van der Waals surface area contributed by atoms with Crippen molar-refractivity contribution in [2.24, 2.45) is 0 Å². The normalized spacial score (nSPS) is 18.1. The van der Waals surface area contributed by atoms with E-state index in [9.17, 15) is 4.79 Å². The average molecular weight is 267 g/mol. The summed E-state index contributed by atoms with van der Waals surface area (Å²) in [4.78, 5) is 11.2. The molecule has 0 atom stereocenters. The van der Waals surface area contributed by atoms with Gasteiger partial charge in [-0.3, -0.25) is 4.79 Å². The number of hydrogen-bond acceptors (Lipinski definition) is 1. The molecule has 1 aliphatic carbocycles. The topological polar surface area (TPSA) is 17.1 Å². The fourth-order valence-corrected chi connectivity index (χ4v) is 2.68. The number of carbonyl (C=O) groups is 1. The van der Waals surface area contributed by atoms with Crippen LogP contribution in [-0.4, -0.2) is 5.78 Å². The van der Waals surface area contributed by atoms with Gasteiger partial charge >= 0.3 is 0 Å². The van der Waals surface area contributed by atoms with E-state index in [1.807, 2.05) is 0 Å². The standard InChI is InChI=1S/C13H15BrO/c1-9-2-5-11(14)8-13(9)10-3-6-12(15)7-4-10/h2,5,8,10H,3-4,6-7H2,1H3. The van der Waals surface area contributed by atoms with E-state index in [0.717, 1.165) is 30.2 Å². The number of Topliss-reactive ketones (excluding diaryl/α,β-unsaturated/α-hetero) is 1. The molecule has 0 N–H and O–H groups in total. The van der Waals surface area contributed by atoms with Crippen LogP contribution in [-0.2, 0) is 4.79 Å². The molecule has 0 aromatic heterocycles. The second kappa shape index (κ2) is 4.48. The van der Waals surface area contributed by atoms with Crippen LogP contribution in [0.1, 0.15) is 42.7 Å². The average Bonchev–Trinajstić information content (AvgIpc) is 2.23. The molecule has 1 fully saturated rings. The number of hydrogen-bond donors (Lipinski definition) is 0.